The quantitative estimate of drug-likeness (QED) is 0.664. The number of likely N-dealkylation sites (tertiary alicyclic amines) is 1. The van der Waals surface area contributed by atoms with Gasteiger partial charge < -0.3 is 4.90 Å². The number of hydrogen-bond donors (Lipinski definition) is 0. The van der Waals surface area contributed by atoms with E-state index in [1.54, 1.807) is 0 Å². The molecule has 0 aliphatic carbocycles. The van der Waals surface area contributed by atoms with Crippen LogP contribution in [0.1, 0.15) is 59.8 Å². The summed E-state index contributed by atoms with van der Waals surface area (Å²) in [5.74, 6) is 0. The maximum Gasteiger partial charge on any atom is 0.0100 e. The largest absolute Gasteiger partial charge is 0.301 e. The zero-order valence-electron chi connectivity index (χ0n) is 10.5. The first-order valence-corrected chi connectivity index (χ1v) is 6.33. The number of rotatable bonds is 4. The smallest absolute Gasteiger partial charge is 0.0100 e. The second kappa shape index (κ2) is 5.16. The predicted molar refractivity (Wildman–Crippen MR) is 63.6 cm³/mol. The minimum Gasteiger partial charge on any atom is -0.301 e. The zero-order valence-corrected chi connectivity index (χ0v) is 10.5. The fraction of sp³-hybridized carbons (Fsp3) is 1.00. The Morgan fingerprint density at radius 3 is 2.50 bits per heavy atom. The third-order valence-electron chi connectivity index (χ3n) is 3.90. The first kappa shape index (κ1) is 12.0. The molecule has 14 heavy (non-hydrogen) atoms. The molecule has 0 aromatic rings. The molecule has 0 spiro atoms. The van der Waals surface area contributed by atoms with Crippen molar-refractivity contribution in [1.82, 2.24) is 4.90 Å². The molecular formula is C13H27N. The van der Waals surface area contributed by atoms with E-state index in [2.05, 4.69) is 32.6 Å². The molecule has 0 bridgehead atoms. The lowest BCUT2D eigenvalue weighted by Crippen LogP contribution is -2.41. The molecule has 84 valence electrons. The molecule has 1 saturated heterocycles. The maximum absolute atomic E-state index is 2.68. The molecule has 0 saturated carbocycles. The normalized spacial score (nSPS) is 25.3. The van der Waals surface area contributed by atoms with Crippen LogP contribution in [-0.2, 0) is 0 Å². The zero-order chi connectivity index (χ0) is 10.6. The average Bonchev–Trinajstić information content (AvgIpc) is 2.18. The molecule has 1 rings (SSSR count). The van der Waals surface area contributed by atoms with Gasteiger partial charge in [-0.1, -0.05) is 40.5 Å². The number of nitrogens with zero attached hydrogens (tertiary/aromatic N) is 1. The summed E-state index contributed by atoms with van der Waals surface area (Å²) in [5.41, 5.74) is 0.537. The molecule has 1 nitrogen and oxygen atoms in total. The molecule has 1 heterocycles. The molecule has 0 radical (unpaired) electrons. The topological polar surface area (TPSA) is 3.24 Å². The average molecular weight is 197 g/mol. The van der Waals surface area contributed by atoms with Gasteiger partial charge in [0, 0.05) is 6.04 Å². The van der Waals surface area contributed by atoms with Crippen LogP contribution in [0.15, 0.2) is 0 Å². The molecule has 0 N–H and O–H groups in total. The van der Waals surface area contributed by atoms with Crippen molar-refractivity contribution in [3.05, 3.63) is 0 Å². The first-order valence-electron chi connectivity index (χ1n) is 6.33. The van der Waals surface area contributed by atoms with Gasteiger partial charge in [0.25, 0.3) is 0 Å². The fourth-order valence-corrected chi connectivity index (χ4v) is 2.49. The summed E-state index contributed by atoms with van der Waals surface area (Å²) < 4.78 is 0. The second-order valence-electron chi connectivity index (χ2n) is 5.50. The van der Waals surface area contributed by atoms with Gasteiger partial charge in [0.1, 0.15) is 0 Å². The van der Waals surface area contributed by atoms with Crippen LogP contribution in [0.4, 0.5) is 0 Å². The monoisotopic (exact) mass is 197 g/mol. The van der Waals surface area contributed by atoms with Crippen molar-refractivity contribution in [3.8, 4) is 0 Å². The van der Waals surface area contributed by atoms with Crippen molar-refractivity contribution in [2.75, 3.05) is 13.1 Å². The molecule has 0 aromatic heterocycles. The minimum absolute atomic E-state index is 0.537. The highest BCUT2D eigenvalue weighted by atomic mass is 15.2. The third kappa shape index (κ3) is 3.27. The van der Waals surface area contributed by atoms with E-state index in [9.17, 15) is 0 Å². The Balaban J connectivity index is 2.48. The molecule has 1 unspecified atom stereocenters. The van der Waals surface area contributed by atoms with Gasteiger partial charge in [0.2, 0.25) is 0 Å². The maximum atomic E-state index is 2.68. The van der Waals surface area contributed by atoms with Gasteiger partial charge in [-0.25, -0.2) is 0 Å². The van der Waals surface area contributed by atoms with Crippen LogP contribution in [-0.4, -0.2) is 24.0 Å². The van der Waals surface area contributed by atoms with Gasteiger partial charge in [0.05, 0.1) is 0 Å². The highest BCUT2D eigenvalue weighted by Crippen LogP contribution is 2.31. The first-order chi connectivity index (χ1) is 6.59. The molecule has 1 fully saturated rings. The van der Waals surface area contributed by atoms with E-state index in [-0.39, 0.29) is 0 Å². The van der Waals surface area contributed by atoms with Crippen molar-refractivity contribution in [3.63, 3.8) is 0 Å². The van der Waals surface area contributed by atoms with Crippen LogP contribution in [0.5, 0.6) is 0 Å². The summed E-state index contributed by atoms with van der Waals surface area (Å²) in [5, 5.41) is 0. The van der Waals surface area contributed by atoms with Crippen LogP contribution < -0.4 is 0 Å². The van der Waals surface area contributed by atoms with Gasteiger partial charge in [0.15, 0.2) is 0 Å². The van der Waals surface area contributed by atoms with Crippen LogP contribution in [0.25, 0.3) is 0 Å². The van der Waals surface area contributed by atoms with Crippen LogP contribution in [0, 0.1) is 5.41 Å². The molecule has 1 aliphatic heterocycles. The number of piperidine rings is 1. The lowest BCUT2D eigenvalue weighted by atomic mass is 9.80. The van der Waals surface area contributed by atoms with E-state index in [1.807, 2.05) is 0 Å². The summed E-state index contributed by atoms with van der Waals surface area (Å²) >= 11 is 0. The van der Waals surface area contributed by atoms with Crippen molar-refractivity contribution in [2.24, 2.45) is 5.41 Å². The van der Waals surface area contributed by atoms with E-state index < -0.39 is 0 Å². The highest BCUT2D eigenvalue weighted by Gasteiger charge is 2.27. The van der Waals surface area contributed by atoms with E-state index in [0.29, 0.717) is 5.41 Å². The molecule has 1 atom stereocenters. The standard InChI is InChI=1S/C13H27N/c1-5-13(3,4)11-12-9-7-8-10-14(12)6-2/h12H,5-11H2,1-4H3. The predicted octanol–water partition coefficient (Wildman–Crippen LogP) is 3.69. The van der Waals surface area contributed by atoms with E-state index in [1.165, 1.54) is 45.2 Å². The Hall–Kier alpha value is -0.0400. The molecule has 0 amide bonds. The summed E-state index contributed by atoms with van der Waals surface area (Å²) in [6.07, 6.45) is 6.98. The Bertz CT molecular complexity index is 163. The van der Waals surface area contributed by atoms with Gasteiger partial charge in [-0.2, -0.15) is 0 Å². The van der Waals surface area contributed by atoms with E-state index >= 15 is 0 Å². The summed E-state index contributed by atoms with van der Waals surface area (Å²) in [7, 11) is 0. The molecular weight excluding hydrogens is 170 g/mol. The SMILES string of the molecule is CCN1CCCCC1CC(C)(C)CC. The van der Waals surface area contributed by atoms with Gasteiger partial charge in [-0.05, 0) is 37.8 Å². The van der Waals surface area contributed by atoms with Crippen LogP contribution in [0.3, 0.4) is 0 Å². The number of hydrogen-bond acceptors (Lipinski definition) is 1. The van der Waals surface area contributed by atoms with Crippen molar-refractivity contribution >= 4 is 0 Å². The summed E-state index contributed by atoms with van der Waals surface area (Å²) in [4.78, 5) is 2.68. The lowest BCUT2D eigenvalue weighted by Gasteiger charge is -2.39. The summed E-state index contributed by atoms with van der Waals surface area (Å²) in [6.45, 7) is 12.0. The lowest BCUT2D eigenvalue weighted by molar-refractivity contribution is 0.108. The summed E-state index contributed by atoms with van der Waals surface area (Å²) in [6, 6.07) is 0.865. The Labute approximate surface area is 89.9 Å². The van der Waals surface area contributed by atoms with Gasteiger partial charge >= 0.3 is 0 Å². The molecule has 0 aromatic carbocycles. The van der Waals surface area contributed by atoms with Crippen LogP contribution >= 0.6 is 0 Å². The molecule has 1 aliphatic rings. The highest BCUT2D eigenvalue weighted by molar-refractivity contribution is 4.81. The second-order valence-corrected chi connectivity index (χ2v) is 5.50. The molecule has 1 heteroatoms. The Kier molecular flexibility index (Phi) is 4.43. The van der Waals surface area contributed by atoms with E-state index in [0.717, 1.165) is 6.04 Å². The Morgan fingerprint density at radius 1 is 1.21 bits per heavy atom. The van der Waals surface area contributed by atoms with Gasteiger partial charge in [-0.15, -0.1) is 0 Å². The Morgan fingerprint density at radius 2 is 1.93 bits per heavy atom. The van der Waals surface area contributed by atoms with Crippen molar-refractivity contribution in [2.45, 2.75) is 65.8 Å². The fourth-order valence-electron chi connectivity index (χ4n) is 2.49. The van der Waals surface area contributed by atoms with Crippen LogP contribution in [0.2, 0.25) is 0 Å². The van der Waals surface area contributed by atoms with E-state index in [4.69, 9.17) is 0 Å². The third-order valence-corrected chi connectivity index (χ3v) is 3.90. The van der Waals surface area contributed by atoms with Crippen molar-refractivity contribution < 1.29 is 0 Å². The van der Waals surface area contributed by atoms with Crippen molar-refractivity contribution in [1.29, 1.82) is 0 Å². The minimum atomic E-state index is 0.537. The van der Waals surface area contributed by atoms with Gasteiger partial charge in [-0.3, -0.25) is 0 Å².